The van der Waals surface area contributed by atoms with Gasteiger partial charge in [-0.15, -0.1) is 45.3 Å². The number of hydrogen-bond donors (Lipinski definition) is 4. The molecule has 1 fully saturated rings. The van der Waals surface area contributed by atoms with E-state index in [-0.39, 0.29) is 28.5 Å². The molecule has 1 saturated heterocycles. The predicted octanol–water partition coefficient (Wildman–Crippen LogP) is 11.5. The Kier molecular flexibility index (Phi) is 10.2. The zero-order valence-corrected chi connectivity index (χ0v) is 33.3. The number of thiophene rings is 2. The number of fused-ring (bicyclic) bond motifs is 4. The molecule has 8 nitrogen and oxygen atoms in total. The minimum absolute atomic E-state index is 0.175. The van der Waals surface area contributed by atoms with Crippen molar-refractivity contribution in [2.45, 2.75) is 51.1 Å². The third-order valence-electron chi connectivity index (χ3n) is 10.3. The largest absolute Gasteiger partial charge is 0.350 e. The van der Waals surface area contributed by atoms with Gasteiger partial charge in [-0.25, -0.2) is 37.5 Å². The first-order valence-corrected chi connectivity index (χ1v) is 21.5. The van der Waals surface area contributed by atoms with Crippen LogP contribution in [0.25, 0.3) is 46.4 Å². The molecule has 2 aliphatic rings. The topological polar surface area (TPSA) is 99.7 Å². The summed E-state index contributed by atoms with van der Waals surface area (Å²) in [5, 5.41) is 14.6. The van der Waals surface area contributed by atoms with E-state index >= 15 is 0 Å². The molecule has 1 unspecified atom stereocenters. The quantitative estimate of drug-likeness (QED) is 0.123. The van der Waals surface area contributed by atoms with Gasteiger partial charge in [0.2, 0.25) is 0 Å². The van der Waals surface area contributed by atoms with Crippen molar-refractivity contribution in [2.75, 3.05) is 23.7 Å². The van der Waals surface area contributed by atoms with Crippen LogP contribution >= 0.6 is 45.3 Å². The van der Waals surface area contributed by atoms with Crippen LogP contribution in [-0.2, 0) is 0 Å². The summed E-state index contributed by atoms with van der Waals surface area (Å²) in [6.07, 6.45) is 8.83. The highest BCUT2D eigenvalue weighted by molar-refractivity contribution is 7.20. The number of halogens is 4. The Balaban J connectivity index is 0.000000146. The lowest BCUT2D eigenvalue weighted by Crippen LogP contribution is -2.37. The first-order valence-electron chi connectivity index (χ1n) is 18.1. The molecule has 2 aromatic carbocycles. The number of aromatic nitrogens is 4. The summed E-state index contributed by atoms with van der Waals surface area (Å²) in [4.78, 5) is 21.0. The van der Waals surface area contributed by atoms with Crippen LogP contribution in [0.2, 0.25) is 0 Å². The predicted molar refractivity (Wildman–Crippen MR) is 224 cm³/mol. The molecule has 8 heterocycles. The summed E-state index contributed by atoms with van der Waals surface area (Å²) in [5.74, 6) is -2.17. The van der Waals surface area contributed by atoms with Gasteiger partial charge in [-0.05, 0) is 88.2 Å². The van der Waals surface area contributed by atoms with Gasteiger partial charge in [-0.3, -0.25) is 0 Å². The maximum absolute atomic E-state index is 14.8. The second-order valence-corrected chi connectivity index (χ2v) is 17.6. The monoisotopic (exact) mass is 830 g/mol. The summed E-state index contributed by atoms with van der Waals surface area (Å²) < 4.78 is 59.7. The van der Waals surface area contributed by atoms with E-state index in [9.17, 15) is 17.6 Å². The molecule has 6 aromatic heterocycles. The first-order chi connectivity index (χ1) is 27.2. The number of benzene rings is 2. The number of anilines is 4. The van der Waals surface area contributed by atoms with E-state index in [2.05, 4.69) is 67.2 Å². The average molecular weight is 831 g/mol. The van der Waals surface area contributed by atoms with Gasteiger partial charge in [0.25, 0.3) is 0 Å². The van der Waals surface area contributed by atoms with E-state index in [0.29, 0.717) is 32.7 Å². The lowest BCUT2D eigenvalue weighted by atomic mass is 9.90. The lowest BCUT2D eigenvalue weighted by Gasteiger charge is -2.29. The van der Waals surface area contributed by atoms with Crippen molar-refractivity contribution in [3.63, 3.8) is 0 Å². The highest BCUT2D eigenvalue weighted by Crippen LogP contribution is 2.41. The fraction of sp³-hybridized carbons (Fsp3) is 0.250. The Labute approximate surface area is 334 Å². The fourth-order valence-electron chi connectivity index (χ4n) is 7.37. The van der Waals surface area contributed by atoms with Crippen molar-refractivity contribution in [3.05, 3.63) is 98.9 Å². The fourth-order valence-corrected chi connectivity index (χ4v) is 11.2. The third-order valence-corrected chi connectivity index (χ3v) is 14.1. The van der Waals surface area contributed by atoms with Crippen LogP contribution in [0.4, 0.5) is 40.3 Å². The van der Waals surface area contributed by atoms with Crippen LogP contribution < -0.4 is 21.3 Å². The first kappa shape index (κ1) is 37.0. The highest BCUT2D eigenvalue weighted by Gasteiger charge is 2.26. The van der Waals surface area contributed by atoms with E-state index in [1.807, 2.05) is 6.07 Å². The SMILES string of the molecule is C[C@@H]1NCCC=C1c1cc2c(Nc3c(F)cc4scnc4c3F)ccnc2s1.C[C@@H]1NCCCC1c1cc2c(Nc3c(F)cc4scnc4c3F)ccnc2s1. The Hall–Kier alpha value is -4.58. The summed E-state index contributed by atoms with van der Waals surface area (Å²) in [6, 6.07) is 11.0. The molecular weight excluding hydrogens is 797 g/mol. The Morgan fingerprint density at radius 1 is 0.714 bits per heavy atom. The van der Waals surface area contributed by atoms with Crippen molar-refractivity contribution in [3.8, 4) is 0 Å². The molecule has 3 atom stereocenters. The zero-order valence-electron chi connectivity index (χ0n) is 30.1. The van der Waals surface area contributed by atoms with Gasteiger partial charge < -0.3 is 21.3 Å². The highest BCUT2D eigenvalue weighted by atomic mass is 32.1. The van der Waals surface area contributed by atoms with Crippen molar-refractivity contribution in [1.29, 1.82) is 0 Å². The molecular formula is C40H34F4N8S4. The summed E-state index contributed by atoms with van der Waals surface area (Å²) >= 11 is 5.67. The van der Waals surface area contributed by atoms with E-state index in [1.165, 1.54) is 56.3 Å². The summed E-state index contributed by atoms with van der Waals surface area (Å²) in [5.41, 5.74) is 5.54. The van der Waals surface area contributed by atoms with Gasteiger partial charge in [0, 0.05) is 50.9 Å². The molecule has 2 aliphatic heterocycles. The molecule has 0 aliphatic carbocycles. The van der Waals surface area contributed by atoms with Crippen LogP contribution in [0.3, 0.4) is 0 Å². The molecule has 10 rings (SSSR count). The lowest BCUT2D eigenvalue weighted by molar-refractivity contribution is 0.375. The molecule has 56 heavy (non-hydrogen) atoms. The smallest absolute Gasteiger partial charge is 0.176 e. The molecule has 0 radical (unpaired) electrons. The van der Waals surface area contributed by atoms with Gasteiger partial charge in [-0.2, -0.15) is 0 Å². The van der Waals surface area contributed by atoms with Crippen LogP contribution in [0, 0.1) is 23.3 Å². The van der Waals surface area contributed by atoms with Gasteiger partial charge in [0.1, 0.15) is 32.1 Å². The molecule has 0 saturated carbocycles. The Morgan fingerprint density at radius 3 is 1.93 bits per heavy atom. The van der Waals surface area contributed by atoms with Gasteiger partial charge in [0.05, 0.1) is 31.8 Å². The van der Waals surface area contributed by atoms with Crippen molar-refractivity contribution < 1.29 is 17.6 Å². The maximum atomic E-state index is 14.8. The van der Waals surface area contributed by atoms with Crippen molar-refractivity contribution in [1.82, 2.24) is 30.6 Å². The normalized spacial score (nSPS) is 18.7. The molecule has 0 amide bonds. The number of thiazole rings is 2. The average Bonchev–Trinajstić information content (AvgIpc) is 4.02. The van der Waals surface area contributed by atoms with Gasteiger partial charge in [-0.1, -0.05) is 6.08 Å². The van der Waals surface area contributed by atoms with Crippen LogP contribution in [-0.4, -0.2) is 45.1 Å². The van der Waals surface area contributed by atoms with E-state index in [0.717, 1.165) is 57.7 Å². The number of rotatable bonds is 6. The molecule has 16 heteroatoms. The van der Waals surface area contributed by atoms with Crippen molar-refractivity contribution >= 4 is 115 Å². The Bertz CT molecular complexity index is 2770. The second-order valence-electron chi connectivity index (χ2n) is 13.8. The van der Waals surface area contributed by atoms with Crippen LogP contribution in [0.5, 0.6) is 0 Å². The van der Waals surface area contributed by atoms with E-state index < -0.39 is 23.3 Å². The molecule has 286 valence electrons. The van der Waals surface area contributed by atoms with E-state index in [1.54, 1.807) is 47.2 Å². The molecule has 8 aromatic rings. The molecule has 4 N–H and O–H groups in total. The summed E-state index contributed by atoms with van der Waals surface area (Å²) in [6.45, 7) is 6.36. The number of nitrogens with one attached hydrogen (secondary N) is 4. The minimum Gasteiger partial charge on any atom is -0.350 e. The maximum Gasteiger partial charge on any atom is 0.176 e. The van der Waals surface area contributed by atoms with Gasteiger partial charge >= 0.3 is 0 Å². The van der Waals surface area contributed by atoms with Crippen LogP contribution in [0.15, 0.2) is 65.9 Å². The number of pyridine rings is 2. The number of piperidine rings is 1. The zero-order chi connectivity index (χ0) is 38.5. The third kappa shape index (κ3) is 6.92. The standard InChI is InChI=1S/C20H18F2N4S2.C20H16F2N4S2/c2*1-10-11(3-2-5-23-10)15-7-12-14(4-6-24-20(12)28-15)26-18-13(21)8-16-19(17(18)22)25-9-27-16/h4,6-11,23H,2-3,5H2,1H3,(H,24,26);3-4,6-10,23H,2,5H2,1H3,(H,24,26)/t10-,11?;10-/m00/s1. The number of hydrogen-bond acceptors (Lipinski definition) is 12. The number of nitrogens with zero attached hydrogens (tertiary/aromatic N) is 4. The minimum atomic E-state index is -0.676. The van der Waals surface area contributed by atoms with Gasteiger partial charge in [0.15, 0.2) is 23.3 Å². The summed E-state index contributed by atoms with van der Waals surface area (Å²) in [7, 11) is 0. The van der Waals surface area contributed by atoms with Crippen LogP contribution in [0.1, 0.15) is 48.8 Å². The van der Waals surface area contributed by atoms with E-state index in [4.69, 9.17) is 0 Å². The molecule has 0 bridgehead atoms. The Morgan fingerprint density at radius 2 is 1.32 bits per heavy atom. The second kappa shape index (κ2) is 15.4. The molecule has 0 spiro atoms. The van der Waals surface area contributed by atoms with Crippen molar-refractivity contribution in [2.24, 2.45) is 0 Å².